The van der Waals surface area contributed by atoms with E-state index in [1.54, 1.807) is 18.3 Å². The van der Waals surface area contributed by atoms with Gasteiger partial charge in [-0.3, -0.25) is 9.78 Å². The first-order valence-electron chi connectivity index (χ1n) is 10.2. The molecule has 1 amide bonds. The van der Waals surface area contributed by atoms with E-state index >= 15 is 0 Å². The van der Waals surface area contributed by atoms with Crippen LogP contribution in [0.2, 0.25) is 0 Å². The van der Waals surface area contributed by atoms with Gasteiger partial charge in [-0.25, -0.2) is 9.37 Å². The number of amides is 1. The lowest BCUT2D eigenvalue weighted by atomic mass is 10.1. The number of benzene rings is 2. The molecule has 0 radical (unpaired) electrons. The van der Waals surface area contributed by atoms with E-state index in [0.29, 0.717) is 30.5 Å². The van der Waals surface area contributed by atoms with Gasteiger partial charge in [-0.05, 0) is 35.4 Å². The van der Waals surface area contributed by atoms with Gasteiger partial charge in [-0.1, -0.05) is 48.5 Å². The molecule has 0 spiro atoms. The lowest BCUT2D eigenvalue weighted by Gasteiger charge is -2.21. The Balaban J connectivity index is 1.45. The van der Waals surface area contributed by atoms with Crippen molar-refractivity contribution in [2.24, 2.45) is 0 Å². The lowest BCUT2D eigenvalue weighted by Crippen LogP contribution is -2.36. The summed E-state index contributed by atoms with van der Waals surface area (Å²) in [5.74, 6) is 0.247. The molecule has 0 saturated heterocycles. The number of hydrogen-bond acceptors (Lipinski definition) is 6. The monoisotopic (exact) mass is 447 g/mol. The van der Waals surface area contributed by atoms with E-state index in [2.05, 4.69) is 19.7 Å². The number of pyridine rings is 1. The van der Waals surface area contributed by atoms with Crippen LogP contribution in [0.1, 0.15) is 22.6 Å². The van der Waals surface area contributed by atoms with E-state index in [1.807, 2.05) is 53.4 Å². The second kappa shape index (κ2) is 10.6. The van der Waals surface area contributed by atoms with Gasteiger partial charge in [0.15, 0.2) is 0 Å². The number of aromatic nitrogens is 3. The Morgan fingerprint density at radius 2 is 1.75 bits per heavy atom. The van der Waals surface area contributed by atoms with E-state index in [9.17, 15) is 9.18 Å². The predicted molar refractivity (Wildman–Crippen MR) is 123 cm³/mol. The topological polar surface area (TPSA) is 71.0 Å². The summed E-state index contributed by atoms with van der Waals surface area (Å²) in [6, 6.07) is 21.8. The second-order valence-corrected chi connectivity index (χ2v) is 7.97. The van der Waals surface area contributed by atoms with Crippen molar-refractivity contribution >= 4 is 22.6 Å². The van der Waals surface area contributed by atoms with Crippen molar-refractivity contribution < 1.29 is 9.18 Å². The molecule has 0 aliphatic rings. The van der Waals surface area contributed by atoms with Crippen molar-refractivity contribution in [2.75, 3.05) is 11.4 Å². The Morgan fingerprint density at radius 3 is 2.50 bits per heavy atom. The predicted octanol–water partition coefficient (Wildman–Crippen LogP) is 3.99. The van der Waals surface area contributed by atoms with Gasteiger partial charge >= 0.3 is 0 Å². The molecule has 0 bridgehead atoms. The molecule has 0 unspecified atom stereocenters. The summed E-state index contributed by atoms with van der Waals surface area (Å²) >= 11 is 1.25. The average molecular weight is 448 g/mol. The zero-order chi connectivity index (χ0) is 22.2. The quantitative estimate of drug-likeness (QED) is 0.420. The number of anilines is 1. The maximum absolute atomic E-state index is 13.2. The van der Waals surface area contributed by atoms with Crippen LogP contribution in [-0.2, 0) is 24.3 Å². The first kappa shape index (κ1) is 21.6. The first-order chi connectivity index (χ1) is 15.7. The summed E-state index contributed by atoms with van der Waals surface area (Å²) in [5, 5.41) is 3.58. The SMILES string of the molecule is O=C(CN(Cc1ccccc1)c1nc(Cc2ccc(F)cc2)ns1)NCc1ccccn1. The molecular formula is C24H22FN5OS. The fourth-order valence-electron chi connectivity index (χ4n) is 3.15. The van der Waals surface area contributed by atoms with Gasteiger partial charge in [-0.2, -0.15) is 4.37 Å². The highest BCUT2D eigenvalue weighted by Crippen LogP contribution is 2.21. The van der Waals surface area contributed by atoms with Crippen LogP contribution < -0.4 is 10.2 Å². The number of rotatable bonds is 9. The second-order valence-electron chi connectivity index (χ2n) is 7.24. The van der Waals surface area contributed by atoms with E-state index in [-0.39, 0.29) is 18.3 Å². The molecule has 2 aromatic carbocycles. The van der Waals surface area contributed by atoms with Crippen LogP contribution >= 0.6 is 11.5 Å². The van der Waals surface area contributed by atoms with Crippen LogP contribution in [0.5, 0.6) is 0 Å². The van der Waals surface area contributed by atoms with Crippen LogP contribution in [0.3, 0.4) is 0 Å². The summed E-state index contributed by atoms with van der Waals surface area (Å²) in [5.41, 5.74) is 2.80. The van der Waals surface area contributed by atoms with Crippen molar-refractivity contribution in [3.05, 3.63) is 107 Å². The number of nitrogens with one attached hydrogen (secondary N) is 1. The third kappa shape index (κ3) is 6.18. The van der Waals surface area contributed by atoms with E-state index < -0.39 is 0 Å². The molecule has 2 aromatic heterocycles. The van der Waals surface area contributed by atoms with Gasteiger partial charge in [0.05, 0.1) is 18.8 Å². The van der Waals surface area contributed by atoms with Gasteiger partial charge in [0.1, 0.15) is 11.6 Å². The van der Waals surface area contributed by atoms with Crippen molar-refractivity contribution in [1.82, 2.24) is 19.7 Å². The minimum Gasteiger partial charge on any atom is -0.349 e. The summed E-state index contributed by atoms with van der Waals surface area (Å²) in [6.45, 7) is 1.04. The standard InChI is InChI=1S/C24H22FN5OS/c25-20-11-9-18(10-12-20)14-22-28-24(32-29-22)30(16-19-6-2-1-3-7-19)17-23(31)27-15-21-8-4-5-13-26-21/h1-13H,14-17H2,(H,27,31). The van der Waals surface area contributed by atoms with Gasteiger partial charge in [0.2, 0.25) is 11.0 Å². The first-order valence-corrected chi connectivity index (χ1v) is 11.0. The number of hydrogen-bond donors (Lipinski definition) is 1. The molecular weight excluding hydrogens is 425 g/mol. The molecule has 0 atom stereocenters. The third-order valence-electron chi connectivity index (χ3n) is 4.75. The molecule has 0 fully saturated rings. The lowest BCUT2D eigenvalue weighted by molar-refractivity contribution is -0.120. The Labute approximate surface area is 190 Å². The van der Waals surface area contributed by atoms with Crippen LogP contribution in [-0.4, -0.2) is 26.8 Å². The Kier molecular flexibility index (Phi) is 7.14. The fraction of sp³-hybridized carbons (Fsp3) is 0.167. The minimum absolute atomic E-state index is 0.123. The summed E-state index contributed by atoms with van der Waals surface area (Å²) in [6.07, 6.45) is 2.20. The number of carbonyl (C=O) groups excluding carboxylic acids is 1. The number of nitrogens with zero attached hydrogens (tertiary/aromatic N) is 4. The van der Waals surface area contributed by atoms with Crippen LogP contribution in [0.4, 0.5) is 9.52 Å². The molecule has 0 saturated carbocycles. The van der Waals surface area contributed by atoms with Crippen molar-refractivity contribution in [1.29, 1.82) is 0 Å². The molecule has 6 nitrogen and oxygen atoms in total. The molecule has 162 valence electrons. The molecule has 1 N–H and O–H groups in total. The normalized spacial score (nSPS) is 10.7. The van der Waals surface area contributed by atoms with E-state index in [0.717, 1.165) is 16.8 Å². The van der Waals surface area contributed by atoms with Crippen molar-refractivity contribution in [2.45, 2.75) is 19.5 Å². The van der Waals surface area contributed by atoms with Crippen LogP contribution in [0.25, 0.3) is 0 Å². The van der Waals surface area contributed by atoms with Crippen LogP contribution in [0, 0.1) is 5.82 Å². The number of halogens is 1. The number of carbonyl (C=O) groups is 1. The maximum atomic E-state index is 13.2. The van der Waals surface area contributed by atoms with Gasteiger partial charge < -0.3 is 10.2 Å². The highest BCUT2D eigenvalue weighted by molar-refractivity contribution is 7.09. The van der Waals surface area contributed by atoms with Crippen LogP contribution in [0.15, 0.2) is 79.0 Å². The molecule has 32 heavy (non-hydrogen) atoms. The highest BCUT2D eigenvalue weighted by atomic mass is 32.1. The Bertz CT molecular complexity index is 1140. The molecule has 4 aromatic rings. The van der Waals surface area contributed by atoms with E-state index in [4.69, 9.17) is 0 Å². The zero-order valence-corrected chi connectivity index (χ0v) is 18.1. The molecule has 4 rings (SSSR count). The molecule has 8 heteroatoms. The third-order valence-corrected chi connectivity index (χ3v) is 5.56. The molecule has 2 heterocycles. The Morgan fingerprint density at radius 1 is 0.969 bits per heavy atom. The summed E-state index contributed by atoms with van der Waals surface area (Å²) in [7, 11) is 0. The highest BCUT2D eigenvalue weighted by Gasteiger charge is 2.17. The van der Waals surface area contributed by atoms with Gasteiger partial charge in [0.25, 0.3) is 0 Å². The largest absolute Gasteiger partial charge is 0.349 e. The smallest absolute Gasteiger partial charge is 0.239 e. The average Bonchev–Trinajstić information content (AvgIpc) is 3.29. The van der Waals surface area contributed by atoms with Gasteiger partial charge in [0, 0.05) is 30.7 Å². The van der Waals surface area contributed by atoms with E-state index in [1.165, 1.54) is 23.7 Å². The molecule has 0 aliphatic carbocycles. The minimum atomic E-state index is -0.272. The Hall–Kier alpha value is -3.65. The summed E-state index contributed by atoms with van der Waals surface area (Å²) in [4.78, 5) is 23.4. The maximum Gasteiger partial charge on any atom is 0.239 e. The van der Waals surface area contributed by atoms with Crippen molar-refractivity contribution in [3.63, 3.8) is 0 Å². The summed E-state index contributed by atoms with van der Waals surface area (Å²) < 4.78 is 17.6. The molecule has 0 aliphatic heterocycles. The zero-order valence-electron chi connectivity index (χ0n) is 17.3. The van der Waals surface area contributed by atoms with Crippen molar-refractivity contribution in [3.8, 4) is 0 Å². The van der Waals surface area contributed by atoms with Gasteiger partial charge in [-0.15, -0.1) is 0 Å². The fourth-order valence-corrected chi connectivity index (χ4v) is 3.83.